The smallest absolute Gasteiger partial charge is 0.250 e. The Hall–Kier alpha value is -4.24. The number of nitrogens with two attached hydrogens (primary N) is 1. The van der Waals surface area contributed by atoms with Crippen LogP contribution in [0.5, 0.6) is 5.75 Å². The van der Waals surface area contributed by atoms with E-state index in [1.165, 1.54) is 25.6 Å². The summed E-state index contributed by atoms with van der Waals surface area (Å²) in [4.78, 5) is 25.5. The lowest BCUT2D eigenvalue weighted by Crippen LogP contribution is -2.37. The average molecular weight is 512 g/mol. The number of benzene rings is 2. The summed E-state index contributed by atoms with van der Waals surface area (Å²) in [6.45, 7) is 2.75. The van der Waals surface area contributed by atoms with Gasteiger partial charge in [0, 0.05) is 37.0 Å². The zero-order chi connectivity index (χ0) is 26.8. The van der Waals surface area contributed by atoms with Gasteiger partial charge in [-0.1, -0.05) is 30.7 Å². The van der Waals surface area contributed by atoms with Crippen molar-refractivity contribution in [2.45, 2.75) is 32.2 Å². The molecule has 2 heterocycles. The van der Waals surface area contributed by atoms with E-state index in [-0.39, 0.29) is 5.91 Å². The SMILES string of the molecule is COc1cc(-c2nn(-c3cccc(N(C)C(=O)C=CCN(C)C4CCC4)c3)c3ncnc(N)c23)ccc1C. The molecule has 0 radical (unpaired) electrons. The summed E-state index contributed by atoms with van der Waals surface area (Å²) in [6, 6.07) is 14.2. The van der Waals surface area contributed by atoms with Crippen LogP contribution in [-0.4, -0.2) is 64.3 Å². The number of anilines is 2. The molecule has 2 aromatic carbocycles. The third-order valence-electron chi connectivity index (χ3n) is 7.32. The normalized spacial score (nSPS) is 13.8. The molecule has 1 aliphatic rings. The van der Waals surface area contributed by atoms with Gasteiger partial charge in [0.05, 0.1) is 18.2 Å². The number of aryl methyl sites for hydroxylation is 1. The highest BCUT2D eigenvalue weighted by Crippen LogP contribution is 2.34. The molecule has 9 heteroatoms. The molecule has 9 nitrogen and oxygen atoms in total. The van der Waals surface area contributed by atoms with E-state index >= 15 is 0 Å². The molecule has 1 saturated carbocycles. The van der Waals surface area contributed by atoms with Crippen molar-refractivity contribution in [3.8, 4) is 22.7 Å². The number of rotatable bonds is 8. The van der Waals surface area contributed by atoms with E-state index in [2.05, 4.69) is 21.9 Å². The zero-order valence-electron chi connectivity index (χ0n) is 22.3. The molecule has 2 N–H and O–H groups in total. The predicted octanol–water partition coefficient (Wildman–Crippen LogP) is 4.39. The third kappa shape index (κ3) is 4.84. The number of nitrogen functional groups attached to an aromatic ring is 1. The van der Waals surface area contributed by atoms with Crippen LogP contribution < -0.4 is 15.4 Å². The first-order chi connectivity index (χ1) is 18.4. The van der Waals surface area contributed by atoms with Gasteiger partial charge in [0.2, 0.25) is 5.91 Å². The number of fused-ring (bicyclic) bond motifs is 1. The van der Waals surface area contributed by atoms with Crippen LogP contribution in [0.1, 0.15) is 24.8 Å². The second-order valence-corrected chi connectivity index (χ2v) is 9.75. The van der Waals surface area contributed by atoms with Crippen molar-refractivity contribution < 1.29 is 9.53 Å². The minimum Gasteiger partial charge on any atom is -0.496 e. The topological polar surface area (TPSA) is 102 Å². The third-order valence-corrected chi connectivity index (χ3v) is 7.32. The fraction of sp³-hybridized carbons (Fsp3) is 0.310. The molecule has 0 aliphatic heterocycles. The van der Waals surface area contributed by atoms with Gasteiger partial charge >= 0.3 is 0 Å². The molecule has 0 saturated heterocycles. The molecular weight excluding hydrogens is 478 g/mol. The van der Waals surface area contributed by atoms with Gasteiger partial charge in [-0.25, -0.2) is 14.6 Å². The molecule has 2 aromatic heterocycles. The first-order valence-corrected chi connectivity index (χ1v) is 12.8. The monoisotopic (exact) mass is 511 g/mol. The molecule has 1 amide bonds. The molecule has 38 heavy (non-hydrogen) atoms. The van der Waals surface area contributed by atoms with E-state index < -0.39 is 0 Å². The van der Waals surface area contributed by atoms with E-state index in [1.54, 1.807) is 29.8 Å². The Morgan fingerprint density at radius 1 is 1.18 bits per heavy atom. The van der Waals surface area contributed by atoms with E-state index in [0.717, 1.165) is 34.8 Å². The summed E-state index contributed by atoms with van der Waals surface area (Å²) in [5.41, 5.74) is 10.9. The van der Waals surface area contributed by atoms with Gasteiger partial charge in [0.1, 0.15) is 23.6 Å². The van der Waals surface area contributed by atoms with Crippen LogP contribution in [0.2, 0.25) is 0 Å². The Labute approximate surface area is 222 Å². The minimum absolute atomic E-state index is 0.0894. The second-order valence-electron chi connectivity index (χ2n) is 9.75. The van der Waals surface area contributed by atoms with Gasteiger partial charge in [-0.15, -0.1) is 0 Å². The van der Waals surface area contributed by atoms with Crippen LogP contribution in [0.3, 0.4) is 0 Å². The first kappa shape index (κ1) is 25.4. The summed E-state index contributed by atoms with van der Waals surface area (Å²) in [5.74, 6) is 1.01. The van der Waals surface area contributed by atoms with Crippen LogP contribution in [0.15, 0.2) is 60.9 Å². The van der Waals surface area contributed by atoms with Crippen LogP contribution >= 0.6 is 0 Å². The molecule has 5 rings (SSSR count). The molecule has 0 atom stereocenters. The number of aromatic nitrogens is 4. The van der Waals surface area contributed by atoms with E-state index in [9.17, 15) is 4.79 Å². The number of likely N-dealkylation sites (N-methyl/N-ethyl adjacent to an activating group) is 2. The molecule has 4 aromatic rings. The highest BCUT2D eigenvalue weighted by atomic mass is 16.5. The van der Waals surface area contributed by atoms with Gasteiger partial charge in [-0.05, 0) is 56.6 Å². The van der Waals surface area contributed by atoms with Gasteiger partial charge in [-0.2, -0.15) is 5.10 Å². The van der Waals surface area contributed by atoms with Crippen molar-refractivity contribution >= 4 is 28.4 Å². The van der Waals surface area contributed by atoms with E-state index in [4.69, 9.17) is 15.6 Å². The molecule has 0 bridgehead atoms. The summed E-state index contributed by atoms with van der Waals surface area (Å²) in [5, 5.41) is 5.55. The van der Waals surface area contributed by atoms with Gasteiger partial charge in [-0.3, -0.25) is 9.69 Å². The molecule has 1 aliphatic carbocycles. The highest BCUT2D eigenvalue weighted by molar-refractivity contribution is 6.01. The number of hydrogen-bond donors (Lipinski definition) is 1. The van der Waals surface area contributed by atoms with Gasteiger partial charge in [0.15, 0.2) is 5.65 Å². The van der Waals surface area contributed by atoms with Crippen molar-refractivity contribution in [1.29, 1.82) is 0 Å². The minimum atomic E-state index is -0.0894. The summed E-state index contributed by atoms with van der Waals surface area (Å²) >= 11 is 0. The van der Waals surface area contributed by atoms with Crippen LogP contribution in [-0.2, 0) is 4.79 Å². The Bertz CT molecular complexity index is 1510. The highest BCUT2D eigenvalue weighted by Gasteiger charge is 2.21. The van der Waals surface area contributed by atoms with Crippen molar-refractivity contribution in [1.82, 2.24) is 24.6 Å². The fourth-order valence-corrected chi connectivity index (χ4v) is 4.69. The first-order valence-electron chi connectivity index (χ1n) is 12.8. The molecule has 0 spiro atoms. The molecule has 1 fully saturated rings. The number of hydrogen-bond acceptors (Lipinski definition) is 7. The Morgan fingerprint density at radius 3 is 2.74 bits per heavy atom. The maximum Gasteiger partial charge on any atom is 0.250 e. The average Bonchev–Trinajstić information content (AvgIpc) is 3.28. The summed E-state index contributed by atoms with van der Waals surface area (Å²) < 4.78 is 7.26. The van der Waals surface area contributed by atoms with Crippen LogP contribution in [0.4, 0.5) is 11.5 Å². The lowest BCUT2D eigenvalue weighted by atomic mass is 9.92. The van der Waals surface area contributed by atoms with Crippen molar-refractivity contribution in [2.75, 3.05) is 38.4 Å². The number of carbonyl (C=O) groups excluding carboxylic acids is 1. The number of methoxy groups -OCH3 is 1. The predicted molar refractivity (Wildman–Crippen MR) is 151 cm³/mol. The molecule has 0 unspecified atom stereocenters. The van der Waals surface area contributed by atoms with Gasteiger partial charge in [0.25, 0.3) is 0 Å². The fourth-order valence-electron chi connectivity index (χ4n) is 4.69. The largest absolute Gasteiger partial charge is 0.496 e. The van der Waals surface area contributed by atoms with Crippen molar-refractivity contribution in [3.63, 3.8) is 0 Å². The zero-order valence-corrected chi connectivity index (χ0v) is 22.3. The Kier molecular flexibility index (Phi) is 7.11. The number of ether oxygens (including phenoxy) is 1. The number of carbonyl (C=O) groups is 1. The molecule has 196 valence electrons. The standard InChI is InChI=1S/C29H33N7O2/c1-19-13-14-20(16-24(19)38-4)27-26-28(30)31-18-32-29(26)36(33-27)23-11-6-10-22(17-23)35(3)25(37)12-7-15-34(2)21-8-5-9-21/h6-7,10-14,16-18,21H,5,8-9,15H2,1-4H3,(H2,30,31,32). The van der Waals surface area contributed by atoms with Crippen LogP contribution in [0.25, 0.3) is 28.0 Å². The van der Waals surface area contributed by atoms with Crippen LogP contribution in [0, 0.1) is 6.92 Å². The lowest BCUT2D eigenvalue weighted by molar-refractivity contribution is -0.113. The van der Waals surface area contributed by atoms with Gasteiger partial charge < -0.3 is 15.4 Å². The summed E-state index contributed by atoms with van der Waals surface area (Å²) in [6.07, 6.45) is 8.78. The second kappa shape index (κ2) is 10.6. The Balaban J connectivity index is 1.46. The van der Waals surface area contributed by atoms with Crippen molar-refractivity contribution in [2.24, 2.45) is 0 Å². The maximum atomic E-state index is 12.9. The molecular formula is C29H33N7O2. The van der Waals surface area contributed by atoms with E-state index in [1.807, 2.05) is 55.5 Å². The lowest BCUT2D eigenvalue weighted by Gasteiger charge is -2.33. The maximum absolute atomic E-state index is 12.9. The van der Waals surface area contributed by atoms with E-state index in [0.29, 0.717) is 28.6 Å². The quantitative estimate of drug-likeness (QED) is 0.350. The van der Waals surface area contributed by atoms with Crippen molar-refractivity contribution in [3.05, 3.63) is 66.5 Å². The Morgan fingerprint density at radius 2 is 2.00 bits per heavy atom. The number of amides is 1. The summed E-state index contributed by atoms with van der Waals surface area (Å²) in [7, 11) is 5.52. The number of nitrogens with zero attached hydrogens (tertiary/aromatic N) is 6.